The topological polar surface area (TPSA) is 85.0 Å². The molecule has 0 saturated carbocycles. The Morgan fingerprint density at radius 1 is 1.17 bits per heavy atom. The van der Waals surface area contributed by atoms with E-state index in [1.54, 1.807) is 11.3 Å². The normalized spacial score (nSPS) is 18.3. The predicted molar refractivity (Wildman–Crippen MR) is 116 cm³/mol. The molecule has 5 rings (SSSR count). The number of anilines is 2. The Morgan fingerprint density at radius 2 is 2.00 bits per heavy atom. The van der Waals surface area contributed by atoms with E-state index in [2.05, 4.69) is 15.5 Å². The Hall–Kier alpha value is -3.04. The van der Waals surface area contributed by atoms with Crippen LogP contribution in [0, 0.1) is 0 Å². The fourth-order valence-electron chi connectivity index (χ4n) is 3.43. The van der Waals surface area contributed by atoms with E-state index in [-0.39, 0.29) is 12.1 Å². The molecular formula is C21H22N4O4S. The molecule has 0 aliphatic carbocycles. The van der Waals surface area contributed by atoms with Crippen molar-refractivity contribution in [1.29, 1.82) is 0 Å². The second kappa shape index (κ2) is 8.37. The van der Waals surface area contributed by atoms with E-state index in [4.69, 9.17) is 19.2 Å². The molecule has 3 heterocycles. The van der Waals surface area contributed by atoms with Gasteiger partial charge in [-0.15, -0.1) is 0 Å². The van der Waals surface area contributed by atoms with Gasteiger partial charge < -0.3 is 29.7 Å². The number of para-hydroxylation sites is 2. The van der Waals surface area contributed by atoms with Gasteiger partial charge in [-0.25, -0.2) is 9.78 Å². The third kappa shape index (κ3) is 4.12. The predicted octanol–water partition coefficient (Wildman–Crippen LogP) is 3.09. The van der Waals surface area contributed by atoms with Crippen LogP contribution < -0.4 is 25.0 Å². The van der Waals surface area contributed by atoms with Crippen LogP contribution >= 0.6 is 11.3 Å². The summed E-state index contributed by atoms with van der Waals surface area (Å²) in [4.78, 5) is 19.3. The zero-order valence-corrected chi connectivity index (χ0v) is 17.1. The second-order valence-electron chi connectivity index (χ2n) is 7.11. The molecule has 1 aromatic heterocycles. The van der Waals surface area contributed by atoms with Gasteiger partial charge in [0.05, 0.1) is 30.0 Å². The Kier molecular flexibility index (Phi) is 5.29. The lowest BCUT2D eigenvalue weighted by Gasteiger charge is -2.26. The number of aromatic nitrogens is 1. The molecule has 156 valence electrons. The number of morpholine rings is 1. The third-order valence-corrected chi connectivity index (χ3v) is 6.05. The highest BCUT2D eigenvalue weighted by Crippen LogP contribution is 2.32. The van der Waals surface area contributed by atoms with Crippen LogP contribution in [-0.4, -0.2) is 56.6 Å². The van der Waals surface area contributed by atoms with Crippen LogP contribution in [0.25, 0.3) is 10.2 Å². The third-order valence-electron chi connectivity index (χ3n) is 4.97. The lowest BCUT2D eigenvalue weighted by atomic mass is 10.2. The number of ether oxygens (including phenoxy) is 3. The van der Waals surface area contributed by atoms with Crippen LogP contribution in [0.4, 0.5) is 15.6 Å². The van der Waals surface area contributed by atoms with Crippen molar-refractivity contribution in [3.05, 3.63) is 42.5 Å². The van der Waals surface area contributed by atoms with Crippen molar-refractivity contribution in [2.45, 2.75) is 6.10 Å². The van der Waals surface area contributed by atoms with E-state index < -0.39 is 0 Å². The van der Waals surface area contributed by atoms with Gasteiger partial charge in [0.2, 0.25) is 0 Å². The Balaban J connectivity index is 1.17. The molecule has 1 saturated heterocycles. The molecular weight excluding hydrogens is 404 g/mol. The summed E-state index contributed by atoms with van der Waals surface area (Å²) in [6.45, 7) is 3.91. The van der Waals surface area contributed by atoms with E-state index in [0.29, 0.717) is 18.9 Å². The van der Waals surface area contributed by atoms with Crippen molar-refractivity contribution in [2.75, 3.05) is 49.7 Å². The minimum Gasteiger partial charge on any atom is -0.486 e. The van der Waals surface area contributed by atoms with Gasteiger partial charge in [0.1, 0.15) is 6.61 Å². The Bertz CT molecular complexity index is 1050. The number of thiazole rings is 1. The molecule has 9 heteroatoms. The number of fused-ring (bicyclic) bond motifs is 2. The van der Waals surface area contributed by atoms with Gasteiger partial charge in [0.25, 0.3) is 0 Å². The zero-order chi connectivity index (χ0) is 20.3. The molecule has 2 amide bonds. The average Bonchev–Trinajstić information content (AvgIpc) is 3.22. The first kappa shape index (κ1) is 19.0. The summed E-state index contributed by atoms with van der Waals surface area (Å²) >= 11 is 1.63. The number of urea groups is 1. The minimum absolute atomic E-state index is 0.231. The first-order valence-electron chi connectivity index (χ1n) is 9.91. The lowest BCUT2D eigenvalue weighted by Crippen LogP contribution is -2.42. The van der Waals surface area contributed by atoms with Crippen LogP contribution in [0.3, 0.4) is 0 Å². The van der Waals surface area contributed by atoms with Crippen molar-refractivity contribution in [1.82, 2.24) is 10.3 Å². The molecule has 0 spiro atoms. The number of benzene rings is 2. The van der Waals surface area contributed by atoms with Crippen molar-refractivity contribution < 1.29 is 19.0 Å². The standard InChI is InChI=1S/C21H22N4O4S/c26-20(22-12-15-13-28-17-3-1-2-4-18(17)29-15)23-14-5-6-16-19(11-14)30-21(24-16)25-7-9-27-10-8-25/h1-6,11,15H,7-10,12-13H2,(H2,22,23,26)/t15-/m1/s1. The van der Waals surface area contributed by atoms with Crippen LogP contribution in [0.15, 0.2) is 42.5 Å². The van der Waals surface area contributed by atoms with E-state index in [9.17, 15) is 4.79 Å². The molecule has 2 aromatic carbocycles. The Morgan fingerprint density at radius 3 is 2.87 bits per heavy atom. The van der Waals surface area contributed by atoms with Crippen LogP contribution in [-0.2, 0) is 4.74 Å². The molecule has 3 aromatic rings. The molecule has 1 fully saturated rings. The number of carbonyl (C=O) groups is 1. The van der Waals surface area contributed by atoms with Crippen LogP contribution in [0.5, 0.6) is 11.5 Å². The van der Waals surface area contributed by atoms with E-state index in [1.165, 1.54) is 0 Å². The highest BCUT2D eigenvalue weighted by Gasteiger charge is 2.21. The van der Waals surface area contributed by atoms with Gasteiger partial charge in [0, 0.05) is 18.8 Å². The first-order chi connectivity index (χ1) is 14.7. The first-order valence-corrected chi connectivity index (χ1v) is 10.7. The highest BCUT2D eigenvalue weighted by atomic mass is 32.1. The molecule has 1 atom stereocenters. The summed E-state index contributed by atoms with van der Waals surface area (Å²) in [6, 6.07) is 13.0. The molecule has 0 unspecified atom stereocenters. The molecule has 8 nitrogen and oxygen atoms in total. The number of hydrogen-bond donors (Lipinski definition) is 2. The molecule has 2 aliphatic heterocycles. The van der Waals surface area contributed by atoms with E-state index in [0.717, 1.165) is 53.1 Å². The maximum absolute atomic E-state index is 12.3. The summed E-state index contributed by atoms with van der Waals surface area (Å²) in [5, 5.41) is 6.72. The second-order valence-corrected chi connectivity index (χ2v) is 8.12. The van der Waals surface area contributed by atoms with E-state index >= 15 is 0 Å². The van der Waals surface area contributed by atoms with E-state index in [1.807, 2.05) is 42.5 Å². The zero-order valence-electron chi connectivity index (χ0n) is 16.3. The maximum atomic E-state index is 12.3. The molecule has 0 bridgehead atoms. The molecule has 2 aliphatic rings. The van der Waals surface area contributed by atoms with Crippen molar-refractivity contribution in [3.63, 3.8) is 0 Å². The molecule has 2 N–H and O–H groups in total. The monoisotopic (exact) mass is 426 g/mol. The van der Waals surface area contributed by atoms with Crippen LogP contribution in [0.2, 0.25) is 0 Å². The summed E-state index contributed by atoms with van der Waals surface area (Å²) in [7, 11) is 0. The smallest absolute Gasteiger partial charge is 0.319 e. The van der Waals surface area contributed by atoms with Crippen molar-refractivity contribution in [2.24, 2.45) is 0 Å². The average molecular weight is 426 g/mol. The highest BCUT2D eigenvalue weighted by molar-refractivity contribution is 7.22. The Labute approximate surface area is 177 Å². The fourth-order valence-corrected chi connectivity index (χ4v) is 4.48. The lowest BCUT2D eigenvalue weighted by molar-refractivity contribution is 0.0922. The fraction of sp³-hybridized carbons (Fsp3) is 0.333. The SMILES string of the molecule is O=C(NC[C@@H]1COc2ccccc2O1)Nc1ccc2nc(N3CCOCC3)sc2c1. The van der Waals surface area contributed by atoms with Gasteiger partial charge >= 0.3 is 6.03 Å². The number of rotatable bonds is 4. The van der Waals surface area contributed by atoms with Gasteiger partial charge in [-0.05, 0) is 30.3 Å². The molecule has 30 heavy (non-hydrogen) atoms. The van der Waals surface area contributed by atoms with Gasteiger partial charge in [-0.3, -0.25) is 0 Å². The quantitative estimate of drug-likeness (QED) is 0.667. The minimum atomic E-state index is -0.283. The number of carbonyl (C=O) groups excluding carboxylic acids is 1. The number of amides is 2. The number of nitrogens with one attached hydrogen (secondary N) is 2. The van der Waals surface area contributed by atoms with Crippen LogP contribution in [0.1, 0.15) is 0 Å². The largest absolute Gasteiger partial charge is 0.486 e. The van der Waals surface area contributed by atoms with Crippen molar-refractivity contribution >= 4 is 38.4 Å². The maximum Gasteiger partial charge on any atom is 0.319 e. The summed E-state index contributed by atoms with van der Waals surface area (Å²) in [5.41, 5.74) is 1.65. The van der Waals surface area contributed by atoms with Crippen molar-refractivity contribution in [3.8, 4) is 11.5 Å². The van der Waals surface area contributed by atoms with Gasteiger partial charge in [-0.2, -0.15) is 0 Å². The summed E-state index contributed by atoms with van der Waals surface area (Å²) in [6.07, 6.45) is -0.231. The number of nitrogens with zero attached hydrogens (tertiary/aromatic N) is 2. The summed E-state index contributed by atoms with van der Waals surface area (Å²) < 4.78 is 18.0. The number of hydrogen-bond acceptors (Lipinski definition) is 7. The van der Waals surface area contributed by atoms with Gasteiger partial charge in [0.15, 0.2) is 22.7 Å². The molecule has 0 radical (unpaired) electrons. The summed E-state index contributed by atoms with van der Waals surface area (Å²) in [5.74, 6) is 1.43. The van der Waals surface area contributed by atoms with Gasteiger partial charge in [-0.1, -0.05) is 23.5 Å².